The molecule has 1 fully saturated rings. The Morgan fingerprint density at radius 2 is 2.04 bits per heavy atom. The van der Waals surface area contributed by atoms with Crippen molar-refractivity contribution in [2.45, 2.75) is 38.3 Å². The van der Waals surface area contributed by atoms with E-state index in [2.05, 4.69) is 5.32 Å². The summed E-state index contributed by atoms with van der Waals surface area (Å²) in [6.07, 6.45) is -0.351. The van der Waals surface area contributed by atoms with Gasteiger partial charge < -0.3 is 19.9 Å². The van der Waals surface area contributed by atoms with E-state index in [-0.39, 0.29) is 12.8 Å². The SMILES string of the molecule is Cc1cc(OC(C)C(=O)NC2(C(=O)O)CCOCC2)ccc1Cl. The maximum Gasteiger partial charge on any atom is 0.329 e. The fraction of sp³-hybridized carbons (Fsp3) is 0.500. The van der Waals surface area contributed by atoms with Gasteiger partial charge in [-0.15, -0.1) is 0 Å². The summed E-state index contributed by atoms with van der Waals surface area (Å²) < 4.78 is 10.8. The van der Waals surface area contributed by atoms with E-state index in [0.717, 1.165) is 5.56 Å². The minimum Gasteiger partial charge on any atom is -0.481 e. The van der Waals surface area contributed by atoms with Gasteiger partial charge in [-0.1, -0.05) is 11.6 Å². The molecule has 0 radical (unpaired) electrons. The Labute approximate surface area is 139 Å². The molecule has 1 heterocycles. The monoisotopic (exact) mass is 341 g/mol. The van der Waals surface area contributed by atoms with Crippen LogP contribution in [0.5, 0.6) is 5.75 Å². The number of rotatable bonds is 5. The predicted octanol–water partition coefficient (Wildman–Crippen LogP) is 2.17. The first-order valence-corrected chi connectivity index (χ1v) is 7.78. The van der Waals surface area contributed by atoms with E-state index in [4.69, 9.17) is 21.1 Å². The molecule has 0 bridgehead atoms. The number of carbonyl (C=O) groups excluding carboxylic acids is 1. The van der Waals surface area contributed by atoms with Crippen LogP contribution in [0.25, 0.3) is 0 Å². The van der Waals surface area contributed by atoms with Gasteiger partial charge in [-0.2, -0.15) is 0 Å². The molecule has 1 aliphatic rings. The van der Waals surface area contributed by atoms with Gasteiger partial charge in [0.15, 0.2) is 6.10 Å². The minimum absolute atomic E-state index is 0.237. The number of carbonyl (C=O) groups is 2. The Hall–Kier alpha value is -1.79. The Morgan fingerprint density at radius 1 is 1.39 bits per heavy atom. The third-order valence-corrected chi connectivity index (χ3v) is 4.35. The standard InChI is InChI=1S/C16H20ClNO5/c1-10-9-12(3-4-13(10)17)23-11(2)14(19)18-16(15(20)21)5-7-22-8-6-16/h3-4,9,11H,5-8H2,1-2H3,(H,18,19)(H,20,21). The third kappa shape index (κ3) is 4.14. The molecule has 1 aromatic carbocycles. The Balaban J connectivity index is 2.03. The van der Waals surface area contributed by atoms with Gasteiger partial charge in [0.05, 0.1) is 0 Å². The molecule has 126 valence electrons. The quantitative estimate of drug-likeness (QED) is 0.857. The lowest BCUT2D eigenvalue weighted by atomic mass is 9.90. The van der Waals surface area contributed by atoms with E-state index in [1.165, 1.54) is 0 Å². The van der Waals surface area contributed by atoms with E-state index < -0.39 is 23.5 Å². The number of benzene rings is 1. The highest BCUT2D eigenvalue weighted by molar-refractivity contribution is 6.31. The van der Waals surface area contributed by atoms with Crippen molar-refractivity contribution in [3.05, 3.63) is 28.8 Å². The fourth-order valence-corrected chi connectivity index (χ4v) is 2.52. The molecule has 1 aliphatic heterocycles. The van der Waals surface area contributed by atoms with Crippen molar-refractivity contribution in [2.75, 3.05) is 13.2 Å². The maximum atomic E-state index is 12.3. The first-order chi connectivity index (χ1) is 10.8. The molecule has 2 N–H and O–H groups in total. The molecule has 23 heavy (non-hydrogen) atoms. The van der Waals surface area contributed by atoms with Crippen LogP contribution in [0.15, 0.2) is 18.2 Å². The van der Waals surface area contributed by atoms with Crippen LogP contribution in [0.2, 0.25) is 5.02 Å². The van der Waals surface area contributed by atoms with E-state index in [1.54, 1.807) is 25.1 Å². The number of carboxylic acids is 1. The summed E-state index contributed by atoms with van der Waals surface area (Å²) in [6, 6.07) is 5.09. The van der Waals surface area contributed by atoms with E-state index in [0.29, 0.717) is 24.0 Å². The largest absolute Gasteiger partial charge is 0.481 e. The lowest BCUT2D eigenvalue weighted by Crippen LogP contribution is -2.59. The van der Waals surface area contributed by atoms with E-state index in [1.807, 2.05) is 6.92 Å². The lowest BCUT2D eigenvalue weighted by molar-refractivity contribution is -0.153. The number of amides is 1. The molecule has 0 aliphatic carbocycles. The van der Waals surface area contributed by atoms with Gasteiger partial charge in [-0.3, -0.25) is 4.79 Å². The first-order valence-electron chi connectivity index (χ1n) is 7.40. The normalized spacial score (nSPS) is 18.0. The second kappa shape index (κ2) is 7.19. The molecular formula is C16H20ClNO5. The lowest BCUT2D eigenvalue weighted by Gasteiger charge is -2.34. The molecule has 2 rings (SSSR count). The van der Waals surface area contributed by atoms with Crippen LogP contribution in [0.1, 0.15) is 25.3 Å². The van der Waals surface area contributed by atoms with Gasteiger partial charge >= 0.3 is 5.97 Å². The molecule has 7 heteroatoms. The number of carboxylic acid groups (broad SMARTS) is 1. The molecule has 0 saturated carbocycles. The number of hydrogen-bond donors (Lipinski definition) is 2. The second-order valence-electron chi connectivity index (χ2n) is 5.66. The molecule has 1 atom stereocenters. The minimum atomic E-state index is -1.29. The average molecular weight is 342 g/mol. The Kier molecular flexibility index (Phi) is 5.49. The van der Waals surface area contributed by atoms with Crippen LogP contribution in [0, 0.1) is 6.92 Å². The summed E-state index contributed by atoms with van der Waals surface area (Å²) in [4.78, 5) is 23.9. The van der Waals surface area contributed by atoms with Gasteiger partial charge in [0, 0.05) is 31.1 Å². The van der Waals surface area contributed by atoms with Crippen LogP contribution in [0.3, 0.4) is 0 Å². The van der Waals surface area contributed by atoms with Crippen molar-refractivity contribution in [1.82, 2.24) is 5.32 Å². The number of hydrogen-bond acceptors (Lipinski definition) is 4. The van der Waals surface area contributed by atoms with Crippen molar-refractivity contribution in [3.8, 4) is 5.75 Å². The highest BCUT2D eigenvalue weighted by Gasteiger charge is 2.42. The molecule has 1 amide bonds. The zero-order chi connectivity index (χ0) is 17.0. The number of ether oxygens (including phenoxy) is 2. The first kappa shape index (κ1) is 17.6. The Morgan fingerprint density at radius 3 is 2.61 bits per heavy atom. The summed E-state index contributed by atoms with van der Waals surface area (Å²) in [7, 11) is 0. The maximum absolute atomic E-state index is 12.3. The van der Waals surface area contributed by atoms with Crippen molar-refractivity contribution in [1.29, 1.82) is 0 Å². The summed E-state index contributed by atoms with van der Waals surface area (Å²) >= 11 is 5.95. The Bertz CT molecular complexity index is 598. The molecule has 1 saturated heterocycles. The van der Waals surface area contributed by atoms with Gasteiger partial charge in [-0.25, -0.2) is 4.79 Å². The predicted molar refractivity (Wildman–Crippen MR) is 84.8 cm³/mol. The van der Waals surface area contributed by atoms with Crippen molar-refractivity contribution in [2.24, 2.45) is 0 Å². The van der Waals surface area contributed by atoms with Crippen LogP contribution in [-0.2, 0) is 14.3 Å². The summed E-state index contributed by atoms with van der Waals surface area (Å²) in [5, 5.41) is 12.7. The number of halogens is 1. The fourth-order valence-electron chi connectivity index (χ4n) is 2.40. The van der Waals surface area contributed by atoms with Gasteiger partial charge in [-0.05, 0) is 37.6 Å². The second-order valence-corrected chi connectivity index (χ2v) is 6.07. The smallest absolute Gasteiger partial charge is 0.329 e. The van der Waals surface area contributed by atoms with Gasteiger partial charge in [0.1, 0.15) is 11.3 Å². The van der Waals surface area contributed by atoms with Gasteiger partial charge in [0.2, 0.25) is 0 Å². The van der Waals surface area contributed by atoms with Crippen LogP contribution >= 0.6 is 11.6 Å². The highest BCUT2D eigenvalue weighted by Crippen LogP contribution is 2.23. The summed E-state index contributed by atoms with van der Waals surface area (Å²) in [5.74, 6) is -1.02. The zero-order valence-corrected chi connectivity index (χ0v) is 13.9. The summed E-state index contributed by atoms with van der Waals surface area (Å²) in [5.41, 5.74) is -0.453. The summed E-state index contributed by atoms with van der Waals surface area (Å²) in [6.45, 7) is 4.02. The molecule has 1 aromatic rings. The number of nitrogens with one attached hydrogen (secondary N) is 1. The number of aliphatic carboxylic acids is 1. The van der Waals surface area contributed by atoms with Crippen molar-refractivity contribution in [3.63, 3.8) is 0 Å². The number of aryl methyl sites for hydroxylation is 1. The van der Waals surface area contributed by atoms with Crippen molar-refractivity contribution >= 4 is 23.5 Å². The molecule has 0 spiro atoms. The average Bonchev–Trinajstić information content (AvgIpc) is 2.51. The van der Waals surface area contributed by atoms with Crippen LogP contribution < -0.4 is 10.1 Å². The van der Waals surface area contributed by atoms with Crippen molar-refractivity contribution < 1.29 is 24.2 Å². The van der Waals surface area contributed by atoms with Gasteiger partial charge in [0.25, 0.3) is 5.91 Å². The third-order valence-electron chi connectivity index (χ3n) is 3.93. The zero-order valence-electron chi connectivity index (χ0n) is 13.1. The molecule has 0 aromatic heterocycles. The van der Waals surface area contributed by atoms with E-state index in [9.17, 15) is 14.7 Å². The highest BCUT2D eigenvalue weighted by atomic mass is 35.5. The van der Waals surface area contributed by atoms with Crippen LogP contribution in [-0.4, -0.2) is 41.8 Å². The van der Waals surface area contributed by atoms with E-state index >= 15 is 0 Å². The molecule has 1 unspecified atom stereocenters. The van der Waals surface area contributed by atoms with Crippen LogP contribution in [0.4, 0.5) is 0 Å². The molecular weight excluding hydrogens is 322 g/mol. The topological polar surface area (TPSA) is 84.9 Å². The molecule has 6 nitrogen and oxygen atoms in total.